The molecule has 0 spiro atoms. The molecule has 0 aliphatic carbocycles. The molecule has 374 valence electrons. The summed E-state index contributed by atoms with van der Waals surface area (Å²) in [4.78, 5) is 25.6. The number of amides is 1. The van der Waals surface area contributed by atoms with Gasteiger partial charge in [0.2, 0.25) is 15.9 Å². The maximum atomic E-state index is 13.5. The van der Waals surface area contributed by atoms with Crippen LogP contribution >= 0.6 is 23.2 Å². The minimum atomic E-state index is -4.15. The van der Waals surface area contributed by atoms with E-state index in [4.69, 9.17) is 65.8 Å². The van der Waals surface area contributed by atoms with Gasteiger partial charge >= 0.3 is 5.97 Å². The Morgan fingerprint density at radius 3 is 1.79 bits per heavy atom. The van der Waals surface area contributed by atoms with E-state index < -0.39 is 34.0 Å². The molecule has 1 aliphatic heterocycles. The number of nitrogens with one attached hydrogen (secondary N) is 1. The molecule has 67 heavy (non-hydrogen) atoms. The van der Waals surface area contributed by atoms with Gasteiger partial charge in [-0.3, -0.25) is 4.79 Å². The third-order valence-electron chi connectivity index (χ3n) is 11.0. The average Bonchev–Trinajstić information content (AvgIpc) is 3.79. The summed E-state index contributed by atoms with van der Waals surface area (Å²) >= 11 is 12.1. The van der Waals surface area contributed by atoms with Crippen molar-refractivity contribution in [2.45, 2.75) is 94.6 Å². The summed E-state index contributed by atoms with van der Waals surface area (Å²) in [6.45, 7) is 13.3. The zero-order chi connectivity index (χ0) is 49.0. The van der Waals surface area contributed by atoms with Crippen LogP contribution in [0.3, 0.4) is 0 Å². The van der Waals surface area contributed by atoms with Crippen LogP contribution in [-0.4, -0.2) is 147 Å². The van der Waals surface area contributed by atoms with Gasteiger partial charge in [0, 0.05) is 36.7 Å². The highest BCUT2D eigenvalue weighted by molar-refractivity contribution is 7.89. The molecule has 2 atom stereocenters. The Balaban J connectivity index is 1.16. The highest BCUT2D eigenvalue weighted by atomic mass is 35.5. The number of carbonyl (C=O) groups is 2. The second-order valence-electron chi connectivity index (χ2n) is 17.2. The topological polar surface area (TPSA) is 187 Å². The van der Waals surface area contributed by atoms with Crippen LogP contribution in [-0.2, 0) is 65.8 Å². The summed E-state index contributed by atoms with van der Waals surface area (Å²) in [5, 5.41) is 12.9. The maximum absolute atomic E-state index is 13.5. The number of carboxylic acid groups (broad SMARTS) is 1. The molecule has 0 aromatic heterocycles. The monoisotopic (exact) mass is 998 g/mol. The van der Waals surface area contributed by atoms with Gasteiger partial charge < -0.3 is 53.1 Å². The first-order valence-corrected chi connectivity index (χ1v) is 24.5. The molecule has 19 heteroatoms. The molecular weight excluding hydrogens is 932 g/mol. The summed E-state index contributed by atoms with van der Waals surface area (Å²) in [5.41, 5.74) is 2.33. The quantitative estimate of drug-likeness (QED) is 0.0597. The van der Waals surface area contributed by atoms with Gasteiger partial charge in [-0.15, -0.1) is 0 Å². The fraction of sp³-hybridized carbons (Fsp3) is 0.583. The molecule has 1 amide bonds. The molecule has 3 aromatic carbocycles. The Labute approximate surface area is 405 Å². The summed E-state index contributed by atoms with van der Waals surface area (Å²) < 4.78 is 79.5. The zero-order valence-corrected chi connectivity index (χ0v) is 42.1. The van der Waals surface area contributed by atoms with Crippen LogP contribution in [0.2, 0.25) is 10.0 Å². The predicted molar refractivity (Wildman–Crippen MR) is 255 cm³/mol. The molecular formula is C48H68Cl2N2O14S. The number of carboxylic acids is 1. The Morgan fingerprint density at radius 1 is 0.731 bits per heavy atom. The minimum absolute atomic E-state index is 0.0518. The molecule has 4 rings (SSSR count). The number of methoxy groups -OCH3 is 3. The van der Waals surface area contributed by atoms with Crippen molar-refractivity contribution >= 4 is 45.1 Å². The number of carbonyl (C=O) groups excluding carboxylic acids is 1. The third-order valence-corrected chi connectivity index (χ3v) is 13.3. The third kappa shape index (κ3) is 18.3. The molecule has 3 aromatic rings. The van der Waals surface area contributed by atoms with Crippen LogP contribution in [0, 0.1) is 0 Å². The largest absolute Gasteiger partial charge is 0.496 e. The maximum Gasteiger partial charge on any atom is 0.326 e. The van der Waals surface area contributed by atoms with Gasteiger partial charge in [-0.25, -0.2) is 13.2 Å². The molecule has 1 fully saturated rings. The fourth-order valence-corrected chi connectivity index (χ4v) is 9.62. The number of nitrogens with zero attached hydrogens (tertiary/aromatic N) is 1. The lowest BCUT2D eigenvalue weighted by atomic mass is 9.98. The summed E-state index contributed by atoms with van der Waals surface area (Å²) in [6.07, 6.45) is 2.19. The van der Waals surface area contributed by atoms with Crippen LogP contribution in [0.25, 0.3) is 11.1 Å². The number of ether oxygens (including phenoxy) is 9. The standard InChI is InChI=1S/C48H68Cl2N2O14S/c1-47(2,14-17-58-5)65-18-15-48(3,4)66-26-25-63-22-21-61-19-20-62-23-24-64-33-35-28-42(59-6)44(43(29-35)60-7)36-12-10-34(11-13-36)27-40(46(54)55)51-45(53)41-9-8-16-52(41)67(56,57)39-31-37(49)30-38(50)32-39/h10-13,28-32,40-41H,8-9,14-27,33H2,1-7H3,(H,51,53)(H,54,55)/t40-,41-/m0/s1. The second kappa shape index (κ2) is 27.6. The molecule has 1 aliphatic rings. The van der Waals surface area contributed by atoms with E-state index in [0.717, 1.165) is 28.3 Å². The Bertz CT molecular complexity index is 2080. The average molecular weight is 1000 g/mol. The molecule has 0 saturated carbocycles. The van der Waals surface area contributed by atoms with E-state index in [1.807, 2.05) is 38.1 Å². The summed E-state index contributed by atoms with van der Waals surface area (Å²) in [5.74, 6) is -0.877. The number of sulfonamides is 1. The van der Waals surface area contributed by atoms with Crippen LogP contribution in [0.15, 0.2) is 59.5 Å². The van der Waals surface area contributed by atoms with E-state index >= 15 is 0 Å². The van der Waals surface area contributed by atoms with Crippen molar-refractivity contribution in [1.82, 2.24) is 9.62 Å². The molecule has 2 N–H and O–H groups in total. The molecule has 0 unspecified atom stereocenters. The molecule has 1 heterocycles. The summed E-state index contributed by atoms with van der Waals surface area (Å²) in [7, 11) is 0.658. The molecule has 1 saturated heterocycles. The van der Waals surface area contributed by atoms with E-state index in [1.165, 1.54) is 18.2 Å². The van der Waals surface area contributed by atoms with Crippen molar-refractivity contribution in [3.05, 3.63) is 75.8 Å². The number of halogens is 2. The van der Waals surface area contributed by atoms with Crippen molar-refractivity contribution in [1.29, 1.82) is 0 Å². The molecule has 16 nitrogen and oxygen atoms in total. The van der Waals surface area contributed by atoms with Crippen molar-refractivity contribution in [3.8, 4) is 22.6 Å². The number of rotatable bonds is 32. The Morgan fingerprint density at radius 2 is 1.25 bits per heavy atom. The Hall–Kier alpha value is -3.59. The smallest absolute Gasteiger partial charge is 0.326 e. The van der Waals surface area contributed by atoms with E-state index in [0.29, 0.717) is 95.1 Å². The first kappa shape index (κ1) is 56.0. The lowest BCUT2D eigenvalue weighted by molar-refractivity contribution is -0.142. The van der Waals surface area contributed by atoms with Gasteiger partial charge in [-0.1, -0.05) is 47.5 Å². The van der Waals surface area contributed by atoms with Crippen LogP contribution in [0.4, 0.5) is 0 Å². The van der Waals surface area contributed by atoms with Crippen molar-refractivity contribution in [2.24, 2.45) is 0 Å². The van der Waals surface area contributed by atoms with Gasteiger partial charge in [0.15, 0.2) is 0 Å². The van der Waals surface area contributed by atoms with Crippen LogP contribution in [0.5, 0.6) is 11.5 Å². The molecule has 0 radical (unpaired) electrons. The van der Waals surface area contributed by atoms with Gasteiger partial charge in [0.1, 0.15) is 23.6 Å². The van der Waals surface area contributed by atoms with E-state index in [1.54, 1.807) is 33.5 Å². The van der Waals surface area contributed by atoms with E-state index in [2.05, 4.69) is 19.2 Å². The number of aliphatic carboxylic acids is 1. The SMILES string of the molecule is COCCC(C)(C)OCCC(C)(C)OCCOCCOCCOCCOCc1cc(OC)c(-c2ccc(C[C@H](NC(=O)[C@@H]3CCCN3S(=O)(=O)c3cc(Cl)cc(Cl)c3)C(=O)O)cc2)c(OC)c1. The van der Waals surface area contributed by atoms with Crippen molar-refractivity contribution in [2.75, 3.05) is 93.9 Å². The lowest BCUT2D eigenvalue weighted by Gasteiger charge is -2.29. The van der Waals surface area contributed by atoms with Gasteiger partial charge in [0.25, 0.3) is 0 Å². The first-order chi connectivity index (χ1) is 31.9. The molecule has 0 bridgehead atoms. The normalized spacial score (nSPS) is 15.1. The number of benzene rings is 3. The minimum Gasteiger partial charge on any atom is -0.496 e. The van der Waals surface area contributed by atoms with E-state index in [-0.39, 0.29) is 52.1 Å². The second-order valence-corrected chi connectivity index (χ2v) is 19.9. The predicted octanol–water partition coefficient (Wildman–Crippen LogP) is 7.23. The van der Waals surface area contributed by atoms with Crippen LogP contribution in [0.1, 0.15) is 64.5 Å². The zero-order valence-electron chi connectivity index (χ0n) is 39.7. The number of hydrogen-bond donors (Lipinski definition) is 2. The fourth-order valence-electron chi connectivity index (χ4n) is 7.24. The summed E-state index contributed by atoms with van der Waals surface area (Å²) in [6, 6.07) is 12.4. The number of hydrogen-bond acceptors (Lipinski definition) is 13. The van der Waals surface area contributed by atoms with Crippen molar-refractivity contribution < 1.29 is 65.7 Å². The van der Waals surface area contributed by atoms with Gasteiger partial charge in [-0.05, 0) is 100 Å². The van der Waals surface area contributed by atoms with E-state index in [9.17, 15) is 23.1 Å². The van der Waals surface area contributed by atoms with Crippen molar-refractivity contribution in [3.63, 3.8) is 0 Å². The van der Waals surface area contributed by atoms with Gasteiger partial charge in [0.05, 0.1) is 102 Å². The Kier molecular flexibility index (Phi) is 23.0. The lowest BCUT2D eigenvalue weighted by Crippen LogP contribution is -2.51. The highest BCUT2D eigenvalue weighted by Gasteiger charge is 2.41. The first-order valence-electron chi connectivity index (χ1n) is 22.3. The highest BCUT2D eigenvalue weighted by Crippen LogP contribution is 2.40. The van der Waals surface area contributed by atoms with Gasteiger partial charge in [-0.2, -0.15) is 4.31 Å². The van der Waals surface area contributed by atoms with Crippen LogP contribution < -0.4 is 14.8 Å².